The summed E-state index contributed by atoms with van der Waals surface area (Å²) in [7, 11) is 1.48. The normalized spacial score (nSPS) is 10.8. The summed E-state index contributed by atoms with van der Waals surface area (Å²) in [6, 6.07) is 15.4. The number of nitrogens with one attached hydrogen (secondary N) is 1. The van der Waals surface area contributed by atoms with E-state index < -0.39 is 0 Å². The second kappa shape index (κ2) is 8.24. The summed E-state index contributed by atoms with van der Waals surface area (Å²) >= 11 is 0. The fourth-order valence-electron chi connectivity index (χ4n) is 3.08. The zero-order valence-electron chi connectivity index (χ0n) is 16.5. The van der Waals surface area contributed by atoms with Gasteiger partial charge in [-0.2, -0.15) is 0 Å². The molecule has 2 N–H and O–H groups in total. The average Bonchev–Trinajstić information content (AvgIpc) is 2.75. The third-order valence-electron chi connectivity index (χ3n) is 4.73. The van der Waals surface area contributed by atoms with Gasteiger partial charge in [0.1, 0.15) is 30.3 Å². The number of ether oxygens (including phenoxy) is 2. The molecule has 0 fully saturated rings. The minimum Gasteiger partial charge on any atom is -0.504 e. The van der Waals surface area contributed by atoms with Gasteiger partial charge in [0.05, 0.1) is 12.6 Å². The molecular weight excluding hydrogens is 385 g/mol. The smallest absolute Gasteiger partial charge is 0.161 e. The van der Waals surface area contributed by atoms with Crippen molar-refractivity contribution in [1.82, 2.24) is 9.97 Å². The van der Waals surface area contributed by atoms with Gasteiger partial charge in [-0.15, -0.1) is 0 Å². The number of fused-ring (bicyclic) bond motifs is 1. The Morgan fingerprint density at radius 2 is 1.87 bits per heavy atom. The summed E-state index contributed by atoms with van der Waals surface area (Å²) < 4.78 is 24.9. The maximum Gasteiger partial charge on any atom is 0.161 e. The molecule has 0 saturated heterocycles. The van der Waals surface area contributed by atoms with Crippen molar-refractivity contribution >= 4 is 22.4 Å². The molecule has 0 amide bonds. The van der Waals surface area contributed by atoms with Crippen LogP contribution in [0.5, 0.6) is 17.2 Å². The van der Waals surface area contributed by atoms with Gasteiger partial charge < -0.3 is 19.9 Å². The van der Waals surface area contributed by atoms with Gasteiger partial charge in [-0.05, 0) is 30.7 Å². The highest BCUT2D eigenvalue weighted by Crippen LogP contribution is 2.34. The van der Waals surface area contributed by atoms with Gasteiger partial charge in [-0.1, -0.05) is 24.3 Å². The number of hydrogen-bond donors (Lipinski definition) is 2. The predicted molar refractivity (Wildman–Crippen MR) is 113 cm³/mol. The standard InChI is InChI=1S/C23H20FN3O3/c1-14-7-8-16(9-21(14)30-12-15-5-3-4-6-18(15)24)27-23-17-10-22(29-2)20(28)11-19(17)25-13-26-23/h3-11,13,28H,12H2,1-2H3,(H,25,26,27). The first-order valence-electron chi connectivity index (χ1n) is 9.31. The molecule has 0 atom stereocenters. The van der Waals surface area contributed by atoms with Gasteiger partial charge in [-0.3, -0.25) is 0 Å². The Balaban J connectivity index is 1.61. The topological polar surface area (TPSA) is 76.5 Å². The van der Waals surface area contributed by atoms with E-state index in [1.807, 2.05) is 25.1 Å². The van der Waals surface area contributed by atoms with Gasteiger partial charge in [0.2, 0.25) is 0 Å². The molecule has 0 aliphatic heterocycles. The van der Waals surface area contributed by atoms with Crippen LogP contribution in [0.15, 0.2) is 60.9 Å². The van der Waals surface area contributed by atoms with Gasteiger partial charge in [0.15, 0.2) is 11.5 Å². The number of anilines is 2. The molecule has 0 bridgehead atoms. The number of benzene rings is 3. The molecular formula is C23H20FN3O3. The average molecular weight is 405 g/mol. The number of phenols is 1. The molecule has 1 heterocycles. The van der Waals surface area contributed by atoms with Crippen molar-refractivity contribution in [3.63, 3.8) is 0 Å². The van der Waals surface area contributed by atoms with Crippen molar-refractivity contribution in [2.45, 2.75) is 13.5 Å². The monoisotopic (exact) mass is 405 g/mol. The molecule has 4 rings (SSSR count). The summed E-state index contributed by atoms with van der Waals surface area (Å²) in [6.45, 7) is 2.05. The van der Waals surface area contributed by atoms with Crippen LogP contribution >= 0.6 is 0 Å². The van der Waals surface area contributed by atoms with Crippen molar-refractivity contribution in [1.29, 1.82) is 0 Å². The summed E-state index contributed by atoms with van der Waals surface area (Å²) in [5.74, 6) is 1.24. The van der Waals surface area contributed by atoms with Crippen molar-refractivity contribution in [2.24, 2.45) is 0 Å². The van der Waals surface area contributed by atoms with Crippen molar-refractivity contribution < 1.29 is 19.0 Å². The first kappa shape index (κ1) is 19.4. The van der Waals surface area contributed by atoms with Gasteiger partial charge in [0, 0.05) is 28.8 Å². The largest absolute Gasteiger partial charge is 0.504 e. The lowest BCUT2D eigenvalue weighted by Gasteiger charge is -2.14. The lowest BCUT2D eigenvalue weighted by atomic mass is 10.1. The van der Waals surface area contributed by atoms with E-state index in [-0.39, 0.29) is 18.2 Å². The molecule has 0 unspecified atom stereocenters. The van der Waals surface area contributed by atoms with Crippen LogP contribution in [-0.4, -0.2) is 22.2 Å². The molecule has 152 valence electrons. The number of hydrogen-bond acceptors (Lipinski definition) is 6. The van der Waals surface area contributed by atoms with Gasteiger partial charge in [0.25, 0.3) is 0 Å². The molecule has 4 aromatic rings. The number of aryl methyl sites for hydroxylation is 1. The molecule has 7 heteroatoms. The van der Waals surface area contributed by atoms with Crippen LogP contribution in [-0.2, 0) is 6.61 Å². The van der Waals surface area contributed by atoms with E-state index in [1.165, 1.54) is 25.6 Å². The minimum absolute atomic E-state index is 0.00816. The lowest BCUT2D eigenvalue weighted by Crippen LogP contribution is -2.01. The highest BCUT2D eigenvalue weighted by Gasteiger charge is 2.11. The summed E-state index contributed by atoms with van der Waals surface area (Å²) in [5.41, 5.74) is 2.74. The third-order valence-corrected chi connectivity index (χ3v) is 4.73. The van der Waals surface area contributed by atoms with Crippen molar-refractivity contribution in [3.8, 4) is 17.2 Å². The molecule has 30 heavy (non-hydrogen) atoms. The Morgan fingerprint density at radius 3 is 2.67 bits per heavy atom. The molecule has 0 aliphatic carbocycles. The fraction of sp³-hybridized carbons (Fsp3) is 0.130. The quantitative estimate of drug-likeness (QED) is 0.464. The van der Waals surface area contributed by atoms with Crippen LogP contribution in [0.2, 0.25) is 0 Å². The highest BCUT2D eigenvalue weighted by atomic mass is 19.1. The number of aromatic nitrogens is 2. The van der Waals surface area contributed by atoms with E-state index in [0.717, 1.165) is 11.3 Å². The molecule has 6 nitrogen and oxygen atoms in total. The van der Waals surface area contributed by atoms with Crippen LogP contribution in [0.1, 0.15) is 11.1 Å². The molecule has 0 aliphatic rings. The number of phenolic OH excluding ortho intramolecular Hbond substituents is 1. The van der Waals surface area contributed by atoms with E-state index in [1.54, 1.807) is 24.3 Å². The number of rotatable bonds is 6. The maximum absolute atomic E-state index is 13.9. The Labute approximate surface area is 172 Å². The molecule has 3 aromatic carbocycles. The molecule has 0 spiro atoms. The van der Waals surface area contributed by atoms with Crippen molar-refractivity contribution in [2.75, 3.05) is 12.4 Å². The maximum atomic E-state index is 13.9. The van der Waals surface area contributed by atoms with Crippen LogP contribution in [0, 0.1) is 12.7 Å². The van der Waals surface area contributed by atoms with E-state index in [2.05, 4.69) is 15.3 Å². The first-order valence-corrected chi connectivity index (χ1v) is 9.31. The summed E-state index contributed by atoms with van der Waals surface area (Å²) in [5, 5.41) is 13.9. The van der Waals surface area contributed by atoms with Gasteiger partial charge in [-0.25, -0.2) is 14.4 Å². The summed E-state index contributed by atoms with van der Waals surface area (Å²) in [6.07, 6.45) is 1.42. The van der Waals surface area contributed by atoms with E-state index in [0.29, 0.717) is 33.8 Å². The Hall–Kier alpha value is -3.87. The van der Waals surface area contributed by atoms with E-state index >= 15 is 0 Å². The second-order valence-corrected chi connectivity index (χ2v) is 6.75. The zero-order valence-corrected chi connectivity index (χ0v) is 16.5. The zero-order chi connectivity index (χ0) is 21.1. The Bertz CT molecular complexity index is 1210. The van der Waals surface area contributed by atoms with E-state index in [4.69, 9.17) is 9.47 Å². The fourth-order valence-corrected chi connectivity index (χ4v) is 3.08. The lowest BCUT2D eigenvalue weighted by molar-refractivity contribution is 0.298. The van der Waals surface area contributed by atoms with Gasteiger partial charge >= 0.3 is 0 Å². The van der Waals surface area contributed by atoms with Crippen LogP contribution in [0.25, 0.3) is 10.9 Å². The van der Waals surface area contributed by atoms with Crippen LogP contribution in [0.3, 0.4) is 0 Å². The first-order chi connectivity index (χ1) is 14.5. The molecule has 1 aromatic heterocycles. The molecule has 0 saturated carbocycles. The van der Waals surface area contributed by atoms with Crippen LogP contribution < -0.4 is 14.8 Å². The Kier molecular flexibility index (Phi) is 5.34. The van der Waals surface area contributed by atoms with Crippen LogP contribution in [0.4, 0.5) is 15.9 Å². The number of halogens is 1. The Morgan fingerprint density at radius 1 is 1.03 bits per heavy atom. The third kappa shape index (κ3) is 3.96. The number of methoxy groups -OCH3 is 1. The van der Waals surface area contributed by atoms with E-state index in [9.17, 15) is 9.50 Å². The summed E-state index contributed by atoms with van der Waals surface area (Å²) in [4.78, 5) is 8.51. The number of nitrogens with zero attached hydrogens (tertiary/aromatic N) is 2. The molecule has 0 radical (unpaired) electrons. The highest BCUT2D eigenvalue weighted by molar-refractivity contribution is 5.93. The van der Waals surface area contributed by atoms with Crippen molar-refractivity contribution in [3.05, 3.63) is 77.9 Å². The number of aromatic hydroxyl groups is 1. The minimum atomic E-state index is -0.297. The predicted octanol–water partition coefficient (Wildman–Crippen LogP) is 5.11. The second-order valence-electron chi connectivity index (χ2n) is 6.75. The SMILES string of the molecule is COc1cc2c(Nc3ccc(C)c(OCc4ccccc4F)c3)ncnc2cc1O.